The van der Waals surface area contributed by atoms with E-state index in [-0.39, 0.29) is 17.2 Å². The van der Waals surface area contributed by atoms with E-state index in [1.807, 2.05) is 13.0 Å². The van der Waals surface area contributed by atoms with Crippen molar-refractivity contribution in [2.75, 3.05) is 5.32 Å². The number of aromatic carboxylic acids is 1. The monoisotopic (exact) mass is 295 g/mol. The maximum absolute atomic E-state index is 12.0. The summed E-state index contributed by atoms with van der Waals surface area (Å²) in [7, 11) is 0. The van der Waals surface area contributed by atoms with Gasteiger partial charge in [0, 0.05) is 9.90 Å². The molecule has 2 N–H and O–H groups in total. The third-order valence-electron chi connectivity index (χ3n) is 2.42. The second kappa shape index (κ2) is 5.42. The summed E-state index contributed by atoms with van der Waals surface area (Å²) in [5.74, 6) is -1.47. The Bertz CT molecular complexity index is 651. The summed E-state index contributed by atoms with van der Waals surface area (Å²) in [6.45, 7) is 1.90. The van der Waals surface area contributed by atoms with Gasteiger partial charge in [-0.25, -0.2) is 4.79 Å². The summed E-state index contributed by atoms with van der Waals surface area (Å²) < 4.78 is 0. The third kappa shape index (κ3) is 3.13. The van der Waals surface area contributed by atoms with E-state index in [1.165, 1.54) is 29.5 Å². The Kier molecular flexibility index (Phi) is 3.87. The summed E-state index contributed by atoms with van der Waals surface area (Å²) in [4.78, 5) is 24.6. The first kappa shape index (κ1) is 13.6. The number of amides is 1. The number of carboxylic acids is 1. The van der Waals surface area contributed by atoms with E-state index in [0.29, 0.717) is 9.90 Å². The minimum absolute atomic E-state index is 0.0332. The lowest BCUT2D eigenvalue weighted by atomic mass is 10.2. The molecular weight excluding hydrogens is 286 g/mol. The quantitative estimate of drug-likeness (QED) is 0.908. The Morgan fingerprint density at radius 2 is 2.00 bits per heavy atom. The molecule has 0 saturated heterocycles. The van der Waals surface area contributed by atoms with Crippen LogP contribution in [0.3, 0.4) is 0 Å². The second-order valence-electron chi connectivity index (χ2n) is 3.86. The topological polar surface area (TPSA) is 66.4 Å². The van der Waals surface area contributed by atoms with Crippen molar-refractivity contribution in [3.05, 3.63) is 50.7 Å². The van der Waals surface area contributed by atoms with Gasteiger partial charge in [0.15, 0.2) is 0 Å². The highest BCUT2D eigenvalue weighted by atomic mass is 35.5. The highest BCUT2D eigenvalue weighted by Crippen LogP contribution is 2.23. The number of nitrogens with one attached hydrogen (secondary N) is 1. The van der Waals surface area contributed by atoms with Crippen LogP contribution in [0.4, 0.5) is 5.69 Å². The summed E-state index contributed by atoms with van der Waals surface area (Å²) in [6.07, 6.45) is 0. The molecule has 6 heteroatoms. The number of carbonyl (C=O) groups is 2. The van der Waals surface area contributed by atoms with Crippen LogP contribution >= 0.6 is 22.9 Å². The molecule has 1 amide bonds. The lowest BCUT2D eigenvalue weighted by molar-refractivity contribution is 0.0698. The van der Waals surface area contributed by atoms with Gasteiger partial charge in [0.1, 0.15) is 0 Å². The molecule has 0 radical (unpaired) electrons. The molecule has 0 saturated carbocycles. The van der Waals surface area contributed by atoms with Crippen LogP contribution in [0.2, 0.25) is 5.02 Å². The molecule has 0 aliphatic carbocycles. The van der Waals surface area contributed by atoms with Gasteiger partial charge in [-0.1, -0.05) is 11.6 Å². The zero-order valence-electron chi connectivity index (χ0n) is 9.94. The zero-order chi connectivity index (χ0) is 14.0. The van der Waals surface area contributed by atoms with Crippen LogP contribution in [0.15, 0.2) is 30.3 Å². The predicted octanol–water partition coefficient (Wildman–Crippen LogP) is 3.66. The molecule has 0 atom stereocenters. The number of hydrogen-bond donors (Lipinski definition) is 2. The average Bonchev–Trinajstić information content (AvgIpc) is 2.78. The van der Waals surface area contributed by atoms with Gasteiger partial charge in [-0.15, -0.1) is 11.3 Å². The van der Waals surface area contributed by atoms with Gasteiger partial charge in [0.05, 0.1) is 16.1 Å². The Hall–Kier alpha value is -1.85. The van der Waals surface area contributed by atoms with Crippen LogP contribution in [0.5, 0.6) is 0 Å². The first-order valence-corrected chi connectivity index (χ1v) is 6.57. The minimum Gasteiger partial charge on any atom is -0.478 e. The normalized spacial score (nSPS) is 10.2. The van der Waals surface area contributed by atoms with Gasteiger partial charge >= 0.3 is 5.97 Å². The number of thiophene rings is 1. The second-order valence-corrected chi connectivity index (χ2v) is 5.58. The SMILES string of the molecule is Cc1ccc(C(=O)Nc2ccc(Cl)cc2C(=O)O)s1. The van der Waals surface area contributed by atoms with Crippen molar-refractivity contribution < 1.29 is 14.7 Å². The van der Waals surface area contributed by atoms with Crippen LogP contribution in [0, 0.1) is 6.92 Å². The van der Waals surface area contributed by atoms with Crippen molar-refractivity contribution in [1.29, 1.82) is 0 Å². The lowest BCUT2D eigenvalue weighted by Crippen LogP contribution is -2.13. The maximum atomic E-state index is 12.0. The molecule has 0 aliphatic rings. The zero-order valence-corrected chi connectivity index (χ0v) is 11.5. The fourth-order valence-electron chi connectivity index (χ4n) is 1.54. The highest BCUT2D eigenvalue weighted by molar-refractivity contribution is 7.14. The van der Waals surface area contributed by atoms with E-state index in [4.69, 9.17) is 16.7 Å². The summed E-state index contributed by atoms with van der Waals surface area (Å²) in [5, 5.41) is 12.0. The molecule has 0 aliphatic heterocycles. The number of halogens is 1. The van der Waals surface area contributed by atoms with Crippen molar-refractivity contribution >= 4 is 40.5 Å². The van der Waals surface area contributed by atoms with Crippen molar-refractivity contribution in [2.24, 2.45) is 0 Å². The van der Waals surface area contributed by atoms with Crippen LogP contribution in [-0.4, -0.2) is 17.0 Å². The molecule has 0 bridgehead atoms. The maximum Gasteiger partial charge on any atom is 0.337 e. The van der Waals surface area contributed by atoms with Crippen LogP contribution in [0.1, 0.15) is 24.9 Å². The Labute approximate surface area is 118 Å². The fourth-order valence-corrected chi connectivity index (χ4v) is 2.48. The first-order chi connectivity index (χ1) is 8.97. The third-order valence-corrected chi connectivity index (χ3v) is 3.66. The minimum atomic E-state index is -1.14. The number of carbonyl (C=O) groups excluding carboxylic acids is 1. The standard InChI is InChI=1S/C13H10ClNO3S/c1-7-2-5-11(19-7)12(16)15-10-4-3-8(14)6-9(10)13(17)18/h2-6H,1H3,(H,15,16)(H,17,18). The highest BCUT2D eigenvalue weighted by Gasteiger charge is 2.15. The number of aryl methyl sites for hydroxylation is 1. The number of benzene rings is 1. The van der Waals surface area contributed by atoms with Gasteiger partial charge in [0.25, 0.3) is 5.91 Å². The molecule has 98 valence electrons. The van der Waals surface area contributed by atoms with Crippen LogP contribution < -0.4 is 5.32 Å². The van der Waals surface area contributed by atoms with Gasteiger partial charge in [-0.05, 0) is 37.3 Å². The van der Waals surface area contributed by atoms with Crippen LogP contribution in [-0.2, 0) is 0 Å². The van der Waals surface area contributed by atoms with E-state index in [9.17, 15) is 9.59 Å². The predicted molar refractivity (Wildman–Crippen MR) is 75.4 cm³/mol. The van der Waals surface area contributed by atoms with Crippen molar-refractivity contribution in [3.63, 3.8) is 0 Å². The van der Waals surface area contributed by atoms with Crippen LogP contribution in [0.25, 0.3) is 0 Å². The molecule has 19 heavy (non-hydrogen) atoms. The molecule has 0 spiro atoms. The molecular formula is C13H10ClNO3S. The lowest BCUT2D eigenvalue weighted by Gasteiger charge is -2.07. The molecule has 1 aromatic heterocycles. The van der Waals surface area contributed by atoms with Gasteiger partial charge < -0.3 is 10.4 Å². The first-order valence-electron chi connectivity index (χ1n) is 5.38. The van der Waals surface area contributed by atoms with E-state index < -0.39 is 5.97 Å². The fraction of sp³-hybridized carbons (Fsp3) is 0.0769. The number of carboxylic acid groups (broad SMARTS) is 1. The number of hydrogen-bond acceptors (Lipinski definition) is 3. The van der Waals surface area contributed by atoms with Gasteiger partial charge in [0.2, 0.25) is 0 Å². The Morgan fingerprint density at radius 1 is 1.26 bits per heavy atom. The molecule has 2 aromatic rings. The molecule has 0 fully saturated rings. The number of anilines is 1. The van der Waals surface area contributed by atoms with Crippen molar-refractivity contribution in [1.82, 2.24) is 0 Å². The molecule has 1 aromatic carbocycles. The number of rotatable bonds is 3. The molecule has 1 heterocycles. The Balaban J connectivity index is 2.28. The summed E-state index contributed by atoms with van der Waals surface area (Å²) in [6, 6.07) is 7.85. The molecule has 4 nitrogen and oxygen atoms in total. The Morgan fingerprint density at radius 3 is 2.58 bits per heavy atom. The van der Waals surface area contributed by atoms with Crippen molar-refractivity contribution in [2.45, 2.75) is 6.92 Å². The van der Waals surface area contributed by atoms with Crippen molar-refractivity contribution in [3.8, 4) is 0 Å². The largest absolute Gasteiger partial charge is 0.478 e. The summed E-state index contributed by atoms with van der Waals surface area (Å²) >= 11 is 7.09. The van der Waals surface area contributed by atoms with Gasteiger partial charge in [-0.2, -0.15) is 0 Å². The van der Waals surface area contributed by atoms with E-state index >= 15 is 0 Å². The molecule has 2 rings (SSSR count). The van der Waals surface area contributed by atoms with Gasteiger partial charge in [-0.3, -0.25) is 4.79 Å². The summed E-state index contributed by atoms with van der Waals surface area (Å²) in [5.41, 5.74) is 0.196. The average molecular weight is 296 g/mol. The van der Waals surface area contributed by atoms with E-state index in [0.717, 1.165) is 4.88 Å². The molecule has 0 unspecified atom stereocenters. The smallest absolute Gasteiger partial charge is 0.337 e. The van der Waals surface area contributed by atoms with E-state index in [2.05, 4.69) is 5.32 Å². The van der Waals surface area contributed by atoms with E-state index in [1.54, 1.807) is 6.07 Å².